The third kappa shape index (κ3) is 3.38. The molecule has 3 amide bonds. The number of halogens is 1. The molecule has 0 spiro atoms. The summed E-state index contributed by atoms with van der Waals surface area (Å²) in [6.45, 7) is 1.82. The molecule has 1 aliphatic rings. The molecular weight excluding hydrogens is 272 g/mol. The van der Waals surface area contributed by atoms with Crippen LogP contribution in [0.15, 0.2) is 30.2 Å². The van der Waals surface area contributed by atoms with Gasteiger partial charge in [-0.15, -0.1) is 0 Å². The Balaban J connectivity index is 1.93. The summed E-state index contributed by atoms with van der Waals surface area (Å²) < 4.78 is 9.54. The molecule has 7 heteroatoms. The number of urea groups is 1. The van der Waals surface area contributed by atoms with Gasteiger partial charge in [-0.05, 0) is 24.6 Å². The molecule has 0 unspecified atom stereocenters. The lowest BCUT2D eigenvalue weighted by Gasteiger charge is -2.07. The van der Waals surface area contributed by atoms with Gasteiger partial charge in [0.15, 0.2) is 0 Å². The van der Waals surface area contributed by atoms with Crippen molar-refractivity contribution >= 4 is 29.2 Å². The van der Waals surface area contributed by atoms with Crippen LogP contribution in [0.1, 0.15) is 5.56 Å². The smallest absolute Gasteiger partial charge is 0.326 e. The van der Waals surface area contributed by atoms with E-state index in [9.17, 15) is 9.59 Å². The second kappa shape index (κ2) is 5.62. The fraction of sp³-hybridized carbons (Fsp3) is 0.167. The van der Waals surface area contributed by atoms with Gasteiger partial charge >= 0.3 is 6.03 Å². The van der Waals surface area contributed by atoms with Gasteiger partial charge in [-0.3, -0.25) is 10.1 Å². The van der Waals surface area contributed by atoms with Crippen LogP contribution < -0.4 is 10.6 Å². The van der Waals surface area contributed by atoms with Crippen molar-refractivity contribution in [2.24, 2.45) is 0 Å². The van der Waals surface area contributed by atoms with Crippen LogP contribution in [0.2, 0.25) is 5.02 Å². The Morgan fingerprint density at radius 1 is 1.37 bits per heavy atom. The largest absolute Gasteiger partial charge is 0.461 e. The Morgan fingerprint density at radius 2 is 2.16 bits per heavy atom. The van der Waals surface area contributed by atoms with Crippen LogP contribution in [0.25, 0.3) is 0 Å². The molecule has 0 atom stereocenters. The van der Waals surface area contributed by atoms with Crippen LogP contribution in [-0.4, -0.2) is 18.7 Å². The first-order chi connectivity index (χ1) is 9.06. The molecule has 100 valence electrons. The third-order valence-electron chi connectivity index (χ3n) is 2.35. The molecular formula is C12H11ClN2O4. The topological polar surface area (TPSA) is 76.7 Å². The lowest BCUT2D eigenvalue weighted by atomic mass is 10.2. The molecule has 6 nitrogen and oxygen atoms in total. The van der Waals surface area contributed by atoms with Crippen LogP contribution >= 0.6 is 11.6 Å². The molecule has 2 rings (SSSR count). The summed E-state index contributed by atoms with van der Waals surface area (Å²) in [4.78, 5) is 23.1. The highest BCUT2D eigenvalue weighted by molar-refractivity contribution is 6.31. The molecule has 2 N–H and O–H groups in total. The summed E-state index contributed by atoms with van der Waals surface area (Å²) in [7, 11) is 0. The fourth-order valence-electron chi connectivity index (χ4n) is 1.36. The highest BCUT2D eigenvalue weighted by atomic mass is 35.5. The first-order valence-corrected chi connectivity index (χ1v) is 5.77. The van der Waals surface area contributed by atoms with E-state index in [-0.39, 0.29) is 12.6 Å². The van der Waals surface area contributed by atoms with Gasteiger partial charge in [0.05, 0.1) is 0 Å². The minimum Gasteiger partial charge on any atom is -0.461 e. The average molecular weight is 283 g/mol. The maximum Gasteiger partial charge on any atom is 0.326 e. The summed E-state index contributed by atoms with van der Waals surface area (Å²) in [5.74, 6) is -0.717. The monoisotopic (exact) mass is 282 g/mol. The third-order valence-corrected chi connectivity index (χ3v) is 2.76. The van der Waals surface area contributed by atoms with E-state index in [0.717, 1.165) is 11.8 Å². The Bertz CT molecular complexity index is 557. The summed E-state index contributed by atoms with van der Waals surface area (Å²) in [6, 6.07) is 4.35. The van der Waals surface area contributed by atoms with Crippen molar-refractivity contribution < 1.29 is 19.1 Å². The maximum atomic E-state index is 11.6. The van der Waals surface area contributed by atoms with Crippen molar-refractivity contribution in [1.29, 1.82) is 0 Å². The molecule has 19 heavy (non-hydrogen) atoms. The molecule has 0 bridgehead atoms. The van der Waals surface area contributed by atoms with Gasteiger partial charge < -0.3 is 14.8 Å². The summed E-state index contributed by atoms with van der Waals surface area (Å²) in [5.41, 5.74) is 1.38. The molecule has 0 aliphatic carbocycles. The number of carbonyl (C=O) groups is 2. The minimum atomic E-state index is -0.679. The average Bonchev–Trinajstić information content (AvgIpc) is 2.87. The van der Waals surface area contributed by atoms with Crippen molar-refractivity contribution in [3.05, 3.63) is 40.8 Å². The van der Waals surface area contributed by atoms with E-state index in [4.69, 9.17) is 21.1 Å². The van der Waals surface area contributed by atoms with Gasteiger partial charge in [0.1, 0.15) is 6.26 Å². The van der Waals surface area contributed by atoms with E-state index in [1.807, 2.05) is 6.92 Å². The first kappa shape index (κ1) is 13.2. The van der Waals surface area contributed by atoms with E-state index >= 15 is 0 Å². The molecule has 0 radical (unpaired) electrons. The number of aryl methyl sites for hydroxylation is 1. The Hall–Kier alpha value is -2.21. The lowest BCUT2D eigenvalue weighted by Crippen LogP contribution is -2.35. The van der Waals surface area contributed by atoms with Crippen molar-refractivity contribution in [3.8, 4) is 0 Å². The number of nitrogens with one attached hydrogen (secondary N) is 2. The number of hydrogen-bond acceptors (Lipinski definition) is 4. The highest BCUT2D eigenvalue weighted by Crippen LogP contribution is 2.19. The number of imide groups is 1. The van der Waals surface area contributed by atoms with Gasteiger partial charge in [0.2, 0.25) is 12.6 Å². The van der Waals surface area contributed by atoms with Gasteiger partial charge in [-0.2, -0.15) is 0 Å². The highest BCUT2D eigenvalue weighted by Gasteiger charge is 2.18. The van der Waals surface area contributed by atoms with E-state index in [2.05, 4.69) is 10.6 Å². The Labute approximate surface area is 114 Å². The van der Waals surface area contributed by atoms with Crippen molar-refractivity contribution in [2.45, 2.75) is 6.92 Å². The zero-order valence-corrected chi connectivity index (χ0v) is 10.8. The Kier molecular flexibility index (Phi) is 3.91. The number of ether oxygens (including phenoxy) is 2. The molecule has 1 aliphatic heterocycles. The van der Waals surface area contributed by atoms with Crippen molar-refractivity contribution in [1.82, 2.24) is 5.32 Å². The number of carbonyl (C=O) groups excluding carboxylic acids is 2. The number of rotatable bonds is 2. The predicted octanol–water partition coefficient (Wildman–Crippen LogP) is 2.14. The van der Waals surface area contributed by atoms with E-state index < -0.39 is 11.9 Å². The summed E-state index contributed by atoms with van der Waals surface area (Å²) >= 11 is 5.92. The number of amides is 3. The number of benzene rings is 1. The second-order valence-corrected chi connectivity index (χ2v) is 4.19. The van der Waals surface area contributed by atoms with Gasteiger partial charge in [-0.1, -0.05) is 17.7 Å². The molecule has 0 aromatic heterocycles. The standard InChI is InChI=1S/C12H11ClN2O4/c1-7-2-3-8(4-9(7)13)14-12(17)15-11(16)10-5-18-6-19-10/h2-5H,6H2,1H3,(H2,14,15,16,17). The van der Waals surface area contributed by atoms with Gasteiger partial charge in [-0.25, -0.2) is 4.79 Å². The van der Waals surface area contributed by atoms with Gasteiger partial charge in [0.25, 0.3) is 5.91 Å². The number of anilines is 1. The van der Waals surface area contributed by atoms with Gasteiger partial charge in [0, 0.05) is 10.7 Å². The minimum absolute atomic E-state index is 0.0298. The number of hydrogen-bond donors (Lipinski definition) is 2. The van der Waals surface area contributed by atoms with Crippen LogP contribution in [-0.2, 0) is 14.3 Å². The summed E-state index contributed by atoms with van der Waals surface area (Å²) in [6.07, 6.45) is 1.14. The van der Waals surface area contributed by atoms with E-state index in [1.165, 1.54) is 0 Å². The molecule has 0 saturated heterocycles. The zero-order chi connectivity index (χ0) is 13.8. The van der Waals surface area contributed by atoms with E-state index in [1.54, 1.807) is 18.2 Å². The SMILES string of the molecule is Cc1ccc(NC(=O)NC(=O)C2=COCO2)cc1Cl. The van der Waals surface area contributed by atoms with Crippen LogP contribution in [0.4, 0.5) is 10.5 Å². The molecule has 1 aromatic rings. The first-order valence-electron chi connectivity index (χ1n) is 5.39. The summed E-state index contributed by atoms with van der Waals surface area (Å²) in [5, 5.41) is 5.11. The molecule has 0 fully saturated rings. The van der Waals surface area contributed by atoms with Crippen molar-refractivity contribution in [2.75, 3.05) is 12.1 Å². The fourth-order valence-corrected chi connectivity index (χ4v) is 1.54. The van der Waals surface area contributed by atoms with E-state index in [0.29, 0.717) is 10.7 Å². The predicted molar refractivity (Wildman–Crippen MR) is 68.5 cm³/mol. The van der Waals surface area contributed by atoms with Crippen LogP contribution in [0.3, 0.4) is 0 Å². The zero-order valence-electron chi connectivity index (χ0n) is 10.0. The second-order valence-electron chi connectivity index (χ2n) is 3.78. The Morgan fingerprint density at radius 3 is 2.79 bits per heavy atom. The molecule has 0 saturated carbocycles. The quantitative estimate of drug-likeness (QED) is 0.871. The molecule has 1 aromatic carbocycles. The maximum absolute atomic E-state index is 11.6. The van der Waals surface area contributed by atoms with Crippen LogP contribution in [0, 0.1) is 6.92 Å². The van der Waals surface area contributed by atoms with Crippen LogP contribution in [0.5, 0.6) is 0 Å². The van der Waals surface area contributed by atoms with Crippen molar-refractivity contribution in [3.63, 3.8) is 0 Å². The molecule has 1 heterocycles. The lowest BCUT2D eigenvalue weighted by molar-refractivity contribution is -0.119. The normalized spacial score (nSPS) is 13.1.